The Morgan fingerprint density at radius 1 is 1.36 bits per heavy atom. The molecule has 0 bridgehead atoms. The summed E-state index contributed by atoms with van der Waals surface area (Å²) in [5.41, 5.74) is 8.82. The van der Waals surface area contributed by atoms with Crippen molar-refractivity contribution in [2.45, 2.75) is 18.9 Å². The molecule has 1 atom stereocenters. The number of nitrogens with zero attached hydrogens (tertiary/aromatic N) is 2. The monoisotopic (exact) mass is 467 g/mol. The zero-order chi connectivity index (χ0) is 19.0. The minimum Gasteiger partial charge on any atom is -0.368 e. The number of hydrogen-bond donors (Lipinski definition) is 3. The number of H-pyrrole nitrogens is 1. The quantitative estimate of drug-likeness (QED) is 0.541. The average molecular weight is 469 g/mol. The van der Waals surface area contributed by atoms with E-state index < -0.39 is 0 Å². The summed E-state index contributed by atoms with van der Waals surface area (Å²) in [5, 5.41) is 3.73. The van der Waals surface area contributed by atoms with E-state index in [1.165, 1.54) is 24.3 Å². The number of aromatic amines is 1. The van der Waals surface area contributed by atoms with Gasteiger partial charge < -0.3 is 20.9 Å². The van der Waals surface area contributed by atoms with Gasteiger partial charge in [0, 0.05) is 37.1 Å². The summed E-state index contributed by atoms with van der Waals surface area (Å²) in [7, 11) is 0. The molecule has 1 aromatic carbocycles. The summed E-state index contributed by atoms with van der Waals surface area (Å²) in [6.45, 7) is 1.64. The maximum absolute atomic E-state index is 13.1. The van der Waals surface area contributed by atoms with Gasteiger partial charge in [-0.25, -0.2) is 9.37 Å². The SMILES string of the molecule is Cl.NC1CCCN(c2c(Br)cnc3[nH]cc(NC(=O)c4ccc(F)cc4)c23)C1. The lowest BCUT2D eigenvalue weighted by Gasteiger charge is -2.33. The number of halogens is 3. The van der Waals surface area contributed by atoms with Crippen LogP contribution in [0.15, 0.2) is 41.1 Å². The average Bonchev–Trinajstić information content (AvgIpc) is 3.05. The molecular weight excluding hydrogens is 449 g/mol. The number of hydrogen-bond acceptors (Lipinski definition) is 4. The number of carbonyl (C=O) groups excluding carboxylic acids is 1. The number of benzene rings is 1. The van der Waals surface area contributed by atoms with Crippen LogP contribution in [0.1, 0.15) is 23.2 Å². The number of fused-ring (bicyclic) bond motifs is 1. The van der Waals surface area contributed by atoms with Crippen molar-refractivity contribution >= 4 is 56.7 Å². The van der Waals surface area contributed by atoms with Crippen LogP contribution in [-0.2, 0) is 0 Å². The second kappa shape index (κ2) is 8.46. The summed E-state index contributed by atoms with van der Waals surface area (Å²) in [6, 6.07) is 5.56. The van der Waals surface area contributed by atoms with Crippen LogP contribution >= 0.6 is 28.3 Å². The Balaban J connectivity index is 0.00000225. The Kier molecular flexibility index (Phi) is 6.22. The molecule has 1 aliphatic heterocycles. The molecule has 28 heavy (non-hydrogen) atoms. The van der Waals surface area contributed by atoms with Gasteiger partial charge in [-0.3, -0.25) is 4.79 Å². The Hall–Kier alpha value is -2.16. The van der Waals surface area contributed by atoms with Crippen LogP contribution in [0.2, 0.25) is 0 Å². The lowest BCUT2D eigenvalue weighted by molar-refractivity contribution is 0.102. The standard InChI is InChI=1S/C19H19BrFN5O.ClH/c20-14-8-23-18-16(17(14)26-7-1-2-13(22)10-26)15(9-24-18)25-19(27)11-3-5-12(21)6-4-11;/h3-6,8-9,13H,1-2,7,10,22H2,(H,23,24)(H,25,27);1H. The number of rotatable bonds is 3. The summed E-state index contributed by atoms with van der Waals surface area (Å²) >= 11 is 3.60. The molecule has 1 amide bonds. The van der Waals surface area contributed by atoms with Crippen LogP contribution in [0.25, 0.3) is 11.0 Å². The number of nitrogens with two attached hydrogens (primary N) is 1. The maximum Gasteiger partial charge on any atom is 0.255 e. The first-order valence-corrected chi connectivity index (χ1v) is 9.55. The first-order valence-electron chi connectivity index (χ1n) is 8.76. The molecule has 3 heterocycles. The normalized spacial score (nSPS) is 16.7. The smallest absolute Gasteiger partial charge is 0.255 e. The van der Waals surface area contributed by atoms with Crippen LogP contribution in [0.5, 0.6) is 0 Å². The van der Waals surface area contributed by atoms with E-state index in [0.717, 1.165) is 41.5 Å². The molecule has 0 saturated carbocycles. The lowest BCUT2D eigenvalue weighted by Crippen LogP contribution is -2.43. The predicted molar refractivity (Wildman–Crippen MR) is 115 cm³/mol. The Labute approximate surface area is 176 Å². The number of nitrogens with one attached hydrogen (secondary N) is 2. The topological polar surface area (TPSA) is 87.0 Å². The molecule has 1 unspecified atom stereocenters. The molecule has 0 radical (unpaired) electrons. The van der Waals surface area contributed by atoms with Crippen molar-refractivity contribution in [3.05, 3.63) is 52.5 Å². The molecule has 1 saturated heterocycles. The molecule has 4 N–H and O–H groups in total. The van der Waals surface area contributed by atoms with E-state index in [0.29, 0.717) is 16.9 Å². The summed E-state index contributed by atoms with van der Waals surface area (Å²) in [5.74, 6) is -0.687. The number of aromatic nitrogens is 2. The molecule has 148 valence electrons. The van der Waals surface area contributed by atoms with E-state index in [2.05, 4.69) is 36.1 Å². The summed E-state index contributed by atoms with van der Waals surface area (Å²) in [4.78, 5) is 22.3. The molecule has 3 aromatic rings. The van der Waals surface area contributed by atoms with Gasteiger partial charge in [0.05, 0.1) is 21.2 Å². The van der Waals surface area contributed by atoms with Gasteiger partial charge in [0.2, 0.25) is 0 Å². The fraction of sp³-hybridized carbons (Fsp3) is 0.263. The van der Waals surface area contributed by atoms with Crippen molar-refractivity contribution in [2.75, 3.05) is 23.3 Å². The van der Waals surface area contributed by atoms with Crippen LogP contribution in [0, 0.1) is 5.82 Å². The molecule has 1 aliphatic rings. The van der Waals surface area contributed by atoms with Crippen LogP contribution in [0.4, 0.5) is 15.8 Å². The van der Waals surface area contributed by atoms with E-state index >= 15 is 0 Å². The molecule has 6 nitrogen and oxygen atoms in total. The summed E-state index contributed by atoms with van der Waals surface area (Å²) in [6.07, 6.45) is 5.49. The van der Waals surface area contributed by atoms with Crippen LogP contribution in [0.3, 0.4) is 0 Å². The molecule has 0 aliphatic carbocycles. The van der Waals surface area contributed by atoms with Gasteiger partial charge in [-0.2, -0.15) is 0 Å². The van der Waals surface area contributed by atoms with Crippen molar-refractivity contribution in [1.82, 2.24) is 9.97 Å². The second-order valence-electron chi connectivity index (χ2n) is 6.69. The zero-order valence-corrected chi connectivity index (χ0v) is 17.3. The minimum atomic E-state index is -0.379. The van der Waals surface area contributed by atoms with Gasteiger partial charge in [-0.15, -0.1) is 12.4 Å². The van der Waals surface area contributed by atoms with Gasteiger partial charge in [0.15, 0.2) is 0 Å². The number of amides is 1. The van der Waals surface area contributed by atoms with Gasteiger partial charge in [-0.05, 0) is 53.0 Å². The van der Waals surface area contributed by atoms with Crippen molar-refractivity contribution < 1.29 is 9.18 Å². The van der Waals surface area contributed by atoms with E-state index in [1.54, 1.807) is 12.4 Å². The van der Waals surface area contributed by atoms with Gasteiger partial charge in [0.25, 0.3) is 5.91 Å². The highest BCUT2D eigenvalue weighted by atomic mass is 79.9. The largest absolute Gasteiger partial charge is 0.368 e. The zero-order valence-electron chi connectivity index (χ0n) is 14.9. The van der Waals surface area contributed by atoms with E-state index in [4.69, 9.17) is 5.73 Å². The predicted octanol–water partition coefficient (Wildman–Crippen LogP) is 4.07. The Morgan fingerprint density at radius 3 is 2.82 bits per heavy atom. The fourth-order valence-electron chi connectivity index (χ4n) is 3.47. The van der Waals surface area contributed by atoms with Crippen molar-refractivity contribution in [3.63, 3.8) is 0 Å². The third-order valence-electron chi connectivity index (χ3n) is 4.76. The molecule has 2 aromatic heterocycles. The third-order valence-corrected chi connectivity index (χ3v) is 5.34. The van der Waals surface area contributed by atoms with E-state index in [1.807, 2.05) is 0 Å². The maximum atomic E-state index is 13.1. The van der Waals surface area contributed by atoms with Crippen molar-refractivity contribution in [1.29, 1.82) is 0 Å². The third kappa shape index (κ3) is 3.99. The minimum absolute atomic E-state index is 0. The molecule has 9 heteroatoms. The van der Waals surface area contributed by atoms with Crippen molar-refractivity contribution in [3.8, 4) is 0 Å². The highest BCUT2D eigenvalue weighted by Gasteiger charge is 2.24. The number of carbonyl (C=O) groups is 1. The van der Waals surface area contributed by atoms with Gasteiger partial charge in [0.1, 0.15) is 11.5 Å². The van der Waals surface area contributed by atoms with E-state index in [9.17, 15) is 9.18 Å². The van der Waals surface area contributed by atoms with Crippen LogP contribution < -0.4 is 16.0 Å². The second-order valence-corrected chi connectivity index (χ2v) is 7.54. The van der Waals surface area contributed by atoms with Gasteiger partial charge >= 0.3 is 0 Å². The number of piperidine rings is 1. The van der Waals surface area contributed by atoms with Crippen LogP contribution in [-0.4, -0.2) is 35.0 Å². The molecule has 1 fully saturated rings. The number of pyridine rings is 1. The summed E-state index contributed by atoms with van der Waals surface area (Å²) < 4.78 is 14.0. The Bertz CT molecular complexity index is 994. The number of anilines is 2. The first-order chi connectivity index (χ1) is 13.0. The molecule has 4 rings (SSSR count). The van der Waals surface area contributed by atoms with Gasteiger partial charge in [-0.1, -0.05) is 0 Å². The lowest BCUT2D eigenvalue weighted by atomic mass is 10.1. The van der Waals surface area contributed by atoms with Crippen molar-refractivity contribution in [2.24, 2.45) is 5.73 Å². The Morgan fingerprint density at radius 2 is 2.11 bits per heavy atom. The first kappa shape index (κ1) is 20.6. The highest BCUT2D eigenvalue weighted by Crippen LogP contribution is 2.38. The highest BCUT2D eigenvalue weighted by molar-refractivity contribution is 9.10. The fourth-order valence-corrected chi connectivity index (χ4v) is 4.02. The molecular formula is C19H20BrClFN5O. The molecule has 0 spiro atoms. The van der Waals surface area contributed by atoms with E-state index in [-0.39, 0.29) is 30.2 Å².